The van der Waals surface area contributed by atoms with Gasteiger partial charge >= 0.3 is 0 Å². The van der Waals surface area contributed by atoms with Crippen molar-refractivity contribution in [2.75, 3.05) is 13.1 Å². The Kier molecular flexibility index (Phi) is 5.27. The lowest BCUT2D eigenvalue weighted by atomic mass is 10.1. The number of hydrogen-bond acceptors (Lipinski definition) is 3. The van der Waals surface area contributed by atoms with E-state index in [0.717, 1.165) is 18.5 Å². The van der Waals surface area contributed by atoms with Crippen LogP contribution in [0.2, 0.25) is 0 Å². The van der Waals surface area contributed by atoms with E-state index in [4.69, 9.17) is 0 Å². The lowest BCUT2D eigenvalue weighted by Crippen LogP contribution is -2.37. The summed E-state index contributed by atoms with van der Waals surface area (Å²) >= 11 is 0. The Morgan fingerprint density at radius 3 is 2.32 bits per heavy atom. The second-order valence-electron chi connectivity index (χ2n) is 4.74. The maximum absolute atomic E-state index is 12.3. The van der Waals surface area contributed by atoms with Crippen molar-refractivity contribution >= 4 is 11.7 Å². The number of aryl methyl sites for hydroxylation is 2. The highest BCUT2D eigenvalue weighted by atomic mass is 16.2. The average Bonchev–Trinajstić information content (AvgIpc) is 2.63. The van der Waals surface area contributed by atoms with Gasteiger partial charge in [0.2, 0.25) is 0 Å². The molecule has 5 nitrogen and oxygen atoms in total. The van der Waals surface area contributed by atoms with Crippen LogP contribution in [0.3, 0.4) is 0 Å². The third-order valence-corrected chi connectivity index (χ3v) is 3.38. The van der Waals surface area contributed by atoms with Gasteiger partial charge < -0.3 is 4.90 Å². The van der Waals surface area contributed by atoms with Crippen molar-refractivity contribution in [3.8, 4) is 0 Å². The summed E-state index contributed by atoms with van der Waals surface area (Å²) in [5.41, 5.74) is 1.80. The first kappa shape index (κ1) is 15.4. The fourth-order valence-corrected chi connectivity index (χ4v) is 2.10. The zero-order chi connectivity index (χ0) is 14.6. The van der Waals surface area contributed by atoms with Crippen LogP contribution in [-0.4, -0.2) is 39.5 Å². The van der Waals surface area contributed by atoms with Crippen LogP contribution in [0.25, 0.3) is 0 Å². The van der Waals surface area contributed by atoms with Crippen LogP contribution in [0.5, 0.6) is 0 Å². The van der Waals surface area contributed by atoms with E-state index in [0.29, 0.717) is 24.3 Å². The van der Waals surface area contributed by atoms with E-state index in [1.54, 1.807) is 23.6 Å². The summed E-state index contributed by atoms with van der Waals surface area (Å²) in [6, 6.07) is 0. The van der Waals surface area contributed by atoms with Crippen LogP contribution in [0, 0.1) is 13.8 Å². The Labute approximate surface area is 114 Å². The molecule has 1 amide bonds. The molecule has 0 bridgehead atoms. The number of ketones is 1. The second kappa shape index (κ2) is 6.50. The number of unbranched alkanes of at least 4 members (excludes halogenated alkanes) is 1. The molecular weight excluding hydrogens is 242 g/mol. The smallest absolute Gasteiger partial charge is 0.295 e. The van der Waals surface area contributed by atoms with Crippen LogP contribution >= 0.6 is 0 Å². The predicted octanol–water partition coefficient (Wildman–Crippen LogP) is 1.87. The fourth-order valence-electron chi connectivity index (χ4n) is 2.10. The molecular formula is C14H23N3O2. The van der Waals surface area contributed by atoms with Gasteiger partial charge in [0, 0.05) is 25.8 Å². The van der Waals surface area contributed by atoms with Crippen LogP contribution in [0.15, 0.2) is 0 Å². The number of hydrogen-bond donors (Lipinski definition) is 0. The summed E-state index contributed by atoms with van der Waals surface area (Å²) in [6.07, 6.45) is 1.92. The maximum Gasteiger partial charge on any atom is 0.295 e. The molecule has 0 aromatic carbocycles. The van der Waals surface area contributed by atoms with Crippen LogP contribution in [-0.2, 0) is 11.8 Å². The van der Waals surface area contributed by atoms with Gasteiger partial charge in [-0.2, -0.15) is 5.10 Å². The van der Waals surface area contributed by atoms with Gasteiger partial charge in [0.25, 0.3) is 11.7 Å². The number of rotatable bonds is 6. The summed E-state index contributed by atoms with van der Waals surface area (Å²) in [4.78, 5) is 26.2. The van der Waals surface area contributed by atoms with Gasteiger partial charge in [-0.3, -0.25) is 14.3 Å². The lowest BCUT2D eigenvalue weighted by Gasteiger charge is -2.19. The molecule has 0 radical (unpaired) electrons. The SMILES string of the molecule is CCCCN(CC)C(=O)C(=O)c1c(C)nn(C)c1C. The maximum atomic E-state index is 12.3. The first-order valence-corrected chi connectivity index (χ1v) is 6.77. The quantitative estimate of drug-likeness (QED) is 0.583. The van der Waals surface area contributed by atoms with Crippen molar-refractivity contribution in [2.45, 2.75) is 40.5 Å². The second-order valence-corrected chi connectivity index (χ2v) is 4.74. The van der Waals surface area contributed by atoms with Crippen molar-refractivity contribution in [3.05, 3.63) is 17.0 Å². The van der Waals surface area contributed by atoms with E-state index >= 15 is 0 Å². The number of carbonyl (C=O) groups excluding carboxylic acids is 2. The van der Waals surface area contributed by atoms with Gasteiger partial charge in [0.1, 0.15) is 0 Å². The molecule has 5 heteroatoms. The summed E-state index contributed by atoms with van der Waals surface area (Å²) in [7, 11) is 1.78. The van der Waals surface area contributed by atoms with Crippen molar-refractivity contribution < 1.29 is 9.59 Å². The average molecular weight is 265 g/mol. The minimum Gasteiger partial charge on any atom is -0.336 e. The van der Waals surface area contributed by atoms with Gasteiger partial charge in [-0.15, -0.1) is 0 Å². The van der Waals surface area contributed by atoms with E-state index in [9.17, 15) is 9.59 Å². The molecule has 0 N–H and O–H groups in total. The Hall–Kier alpha value is -1.65. The summed E-state index contributed by atoms with van der Waals surface area (Å²) in [6.45, 7) is 8.72. The topological polar surface area (TPSA) is 55.2 Å². The molecule has 0 aliphatic rings. The van der Waals surface area contributed by atoms with Crippen molar-refractivity contribution in [2.24, 2.45) is 7.05 Å². The molecule has 0 saturated carbocycles. The standard InChI is InChI=1S/C14H23N3O2/c1-6-8-9-17(7-2)14(19)13(18)12-10(3)15-16(5)11(12)4/h6-9H2,1-5H3. The molecule has 0 aliphatic heterocycles. The molecule has 0 atom stereocenters. The molecule has 0 spiro atoms. The fraction of sp³-hybridized carbons (Fsp3) is 0.643. The highest BCUT2D eigenvalue weighted by molar-refractivity contribution is 6.43. The molecule has 0 aliphatic carbocycles. The molecule has 0 unspecified atom stereocenters. The van der Waals surface area contributed by atoms with Crippen LogP contribution in [0.4, 0.5) is 0 Å². The molecule has 1 heterocycles. The van der Waals surface area contributed by atoms with E-state index in [-0.39, 0.29) is 0 Å². The molecule has 1 aromatic rings. The largest absolute Gasteiger partial charge is 0.336 e. The number of amides is 1. The van der Waals surface area contributed by atoms with E-state index in [1.165, 1.54) is 0 Å². The first-order valence-electron chi connectivity index (χ1n) is 6.77. The number of aromatic nitrogens is 2. The highest BCUT2D eigenvalue weighted by Crippen LogP contribution is 2.14. The first-order chi connectivity index (χ1) is 8.93. The lowest BCUT2D eigenvalue weighted by molar-refractivity contribution is -0.126. The zero-order valence-electron chi connectivity index (χ0n) is 12.5. The van der Waals surface area contributed by atoms with Gasteiger partial charge in [-0.25, -0.2) is 0 Å². The number of carbonyl (C=O) groups is 2. The van der Waals surface area contributed by atoms with Crippen LogP contribution in [0.1, 0.15) is 48.4 Å². The van der Waals surface area contributed by atoms with E-state index in [2.05, 4.69) is 12.0 Å². The number of likely N-dealkylation sites (N-methyl/N-ethyl adjacent to an activating group) is 1. The normalized spacial score (nSPS) is 10.6. The Bertz CT molecular complexity index is 477. The molecule has 0 fully saturated rings. The minimum absolute atomic E-state index is 0.421. The molecule has 19 heavy (non-hydrogen) atoms. The summed E-state index contributed by atoms with van der Waals surface area (Å²) in [5.74, 6) is -0.865. The summed E-state index contributed by atoms with van der Waals surface area (Å²) in [5, 5.41) is 4.19. The molecule has 0 saturated heterocycles. The highest BCUT2D eigenvalue weighted by Gasteiger charge is 2.27. The third kappa shape index (κ3) is 3.22. The number of Topliss-reactive ketones (excluding diaryl/α,β-unsaturated/α-hetero) is 1. The van der Waals surface area contributed by atoms with Gasteiger partial charge in [0.05, 0.1) is 11.3 Å². The van der Waals surface area contributed by atoms with Gasteiger partial charge in [-0.1, -0.05) is 13.3 Å². The monoisotopic (exact) mass is 265 g/mol. The molecule has 106 valence electrons. The van der Waals surface area contributed by atoms with Crippen molar-refractivity contribution in [3.63, 3.8) is 0 Å². The number of nitrogens with zero attached hydrogens (tertiary/aromatic N) is 3. The zero-order valence-corrected chi connectivity index (χ0v) is 12.5. The Morgan fingerprint density at radius 1 is 1.26 bits per heavy atom. The Balaban J connectivity index is 2.95. The minimum atomic E-state index is -0.443. The van der Waals surface area contributed by atoms with Gasteiger partial charge in [-0.05, 0) is 27.2 Å². The van der Waals surface area contributed by atoms with Crippen molar-refractivity contribution in [1.82, 2.24) is 14.7 Å². The summed E-state index contributed by atoms with van der Waals surface area (Å²) < 4.78 is 1.64. The molecule has 1 rings (SSSR count). The van der Waals surface area contributed by atoms with Crippen LogP contribution < -0.4 is 0 Å². The third-order valence-electron chi connectivity index (χ3n) is 3.38. The van der Waals surface area contributed by atoms with Gasteiger partial charge in [0.15, 0.2) is 0 Å². The van der Waals surface area contributed by atoms with E-state index < -0.39 is 11.7 Å². The Morgan fingerprint density at radius 2 is 1.89 bits per heavy atom. The molecule has 1 aromatic heterocycles. The van der Waals surface area contributed by atoms with E-state index in [1.807, 2.05) is 13.8 Å². The van der Waals surface area contributed by atoms with Crippen molar-refractivity contribution in [1.29, 1.82) is 0 Å². The predicted molar refractivity (Wildman–Crippen MR) is 74.2 cm³/mol.